The van der Waals surface area contributed by atoms with Crippen molar-refractivity contribution in [2.75, 3.05) is 6.61 Å². The zero-order chi connectivity index (χ0) is 6.69. The molecular weight excluding hydrogens is 185 g/mol. The first-order chi connectivity index (χ1) is 4.34. The fourth-order valence-corrected chi connectivity index (χ4v) is 1.46. The molecular formula is C7H17Cl2NO. The Morgan fingerprint density at radius 1 is 1.18 bits per heavy atom. The van der Waals surface area contributed by atoms with Gasteiger partial charge >= 0.3 is 0 Å². The van der Waals surface area contributed by atoms with E-state index in [1.54, 1.807) is 0 Å². The molecule has 2 atom stereocenters. The van der Waals surface area contributed by atoms with E-state index in [4.69, 9.17) is 10.8 Å². The third-order valence-electron chi connectivity index (χ3n) is 2.20. The minimum Gasteiger partial charge on any atom is -0.396 e. The van der Waals surface area contributed by atoms with Crippen molar-refractivity contribution in [2.45, 2.75) is 31.7 Å². The van der Waals surface area contributed by atoms with E-state index >= 15 is 0 Å². The molecule has 0 radical (unpaired) electrons. The molecule has 0 aromatic carbocycles. The van der Waals surface area contributed by atoms with Crippen molar-refractivity contribution in [1.29, 1.82) is 0 Å². The van der Waals surface area contributed by atoms with Gasteiger partial charge in [-0.2, -0.15) is 0 Å². The van der Waals surface area contributed by atoms with E-state index in [9.17, 15) is 0 Å². The van der Waals surface area contributed by atoms with E-state index < -0.39 is 0 Å². The highest BCUT2D eigenvalue weighted by molar-refractivity contribution is 5.85. The van der Waals surface area contributed by atoms with Gasteiger partial charge in [-0.05, 0) is 18.8 Å². The summed E-state index contributed by atoms with van der Waals surface area (Å²) in [6.45, 7) is 0.279. The van der Waals surface area contributed by atoms with Gasteiger partial charge in [0.25, 0.3) is 0 Å². The van der Waals surface area contributed by atoms with Crippen molar-refractivity contribution < 1.29 is 5.11 Å². The average Bonchev–Trinajstić information content (AvgIpc) is 1.89. The summed E-state index contributed by atoms with van der Waals surface area (Å²) in [5.74, 6) is 0.388. The van der Waals surface area contributed by atoms with E-state index in [-0.39, 0.29) is 37.5 Å². The summed E-state index contributed by atoms with van der Waals surface area (Å²) < 4.78 is 0. The van der Waals surface area contributed by atoms with Crippen LogP contribution in [0.4, 0.5) is 0 Å². The maximum atomic E-state index is 8.78. The number of nitrogens with two attached hydrogens (primary N) is 1. The molecule has 1 saturated carbocycles. The van der Waals surface area contributed by atoms with Gasteiger partial charge in [0, 0.05) is 12.6 Å². The molecule has 0 unspecified atom stereocenters. The fourth-order valence-electron chi connectivity index (χ4n) is 1.46. The quantitative estimate of drug-likeness (QED) is 0.673. The molecule has 70 valence electrons. The van der Waals surface area contributed by atoms with Crippen molar-refractivity contribution in [3.05, 3.63) is 0 Å². The van der Waals surface area contributed by atoms with E-state index in [2.05, 4.69) is 0 Å². The molecule has 4 heteroatoms. The Labute approximate surface area is 80.4 Å². The van der Waals surface area contributed by atoms with Crippen molar-refractivity contribution in [1.82, 2.24) is 0 Å². The topological polar surface area (TPSA) is 46.2 Å². The number of aliphatic hydroxyl groups is 1. The molecule has 0 heterocycles. The first kappa shape index (κ1) is 14.0. The molecule has 11 heavy (non-hydrogen) atoms. The third kappa shape index (κ3) is 4.16. The van der Waals surface area contributed by atoms with E-state index in [1.807, 2.05) is 0 Å². The Kier molecular flexibility index (Phi) is 9.15. The highest BCUT2D eigenvalue weighted by Crippen LogP contribution is 2.21. The zero-order valence-electron chi connectivity index (χ0n) is 6.53. The number of hydrogen-bond donors (Lipinski definition) is 2. The molecule has 0 spiro atoms. The van der Waals surface area contributed by atoms with Gasteiger partial charge in [-0.15, -0.1) is 24.8 Å². The summed E-state index contributed by atoms with van der Waals surface area (Å²) in [6, 6.07) is 0.267. The lowest BCUT2D eigenvalue weighted by molar-refractivity contribution is 0.171. The lowest BCUT2D eigenvalue weighted by atomic mass is 9.86. The molecule has 1 aliphatic carbocycles. The van der Waals surface area contributed by atoms with Crippen LogP contribution in [-0.4, -0.2) is 17.8 Å². The first-order valence-corrected chi connectivity index (χ1v) is 3.71. The Bertz CT molecular complexity index is 92.5. The van der Waals surface area contributed by atoms with Crippen LogP contribution in [0.25, 0.3) is 0 Å². The minimum absolute atomic E-state index is 0. The summed E-state index contributed by atoms with van der Waals surface area (Å²) in [7, 11) is 0. The predicted octanol–water partition coefficient (Wildman–Crippen LogP) is 1.34. The van der Waals surface area contributed by atoms with Crippen LogP contribution in [0.5, 0.6) is 0 Å². The molecule has 0 bridgehead atoms. The largest absolute Gasteiger partial charge is 0.396 e. The van der Waals surface area contributed by atoms with Crippen molar-refractivity contribution in [2.24, 2.45) is 11.7 Å². The second-order valence-electron chi connectivity index (χ2n) is 2.89. The second-order valence-corrected chi connectivity index (χ2v) is 2.89. The lowest BCUT2D eigenvalue weighted by Gasteiger charge is -2.26. The van der Waals surface area contributed by atoms with Crippen molar-refractivity contribution in [3.63, 3.8) is 0 Å². The van der Waals surface area contributed by atoms with Gasteiger partial charge in [-0.1, -0.05) is 12.8 Å². The molecule has 1 rings (SSSR count). The molecule has 1 fully saturated rings. The molecule has 1 aliphatic rings. The zero-order valence-corrected chi connectivity index (χ0v) is 8.16. The fraction of sp³-hybridized carbons (Fsp3) is 1.00. The van der Waals surface area contributed by atoms with Gasteiger partial charge in [0.1, 0.15) is 0 Å². The monoisotopic (exact) mass is 201 g/mol. The summed E-state index contributed by atoms with van der Waals surface area (Å²) in [5.41, 5.74) is 5.73. The van der Waals surface area contributed by atoms with E-state index in [0.717, 1.165) is 12.8 Å². The summed E-state index contributed by atoms with van der Waals surface area (Å²) in [5, 5.41) is 8.78. The van der Waals surface area contributed by atoms with Gasteiger partial charge < -0.3 is 10.8 Å². The Balaban J connectivity index is 0. The average molecular weight is 202 g/mol. The summed E-state index contributed by atoms with van der Waals surface area (Å²) in [4.78, 5) is 0. The van der Waals surface area contributed by atoms with E-state index in [0.29, 0.717) is 5.92 Å². The van der Waals surface area contributed by atoms with Crippen LogP contribution in [0.15, 0.2) is 0 Å². The highest BCUT2D eigenvalue weighted by Gasteiger charge is 2.19. The van der Waals surface area contributed by atoms with Crippen molar-refractivity contribution >= 4 is 24.8 Å². The van der Waals surface area contributed by atoms with Crippen LogP contribution >= 0.6 is 24.8 Å². The standard InChI is InChI=1S/C7H15NO.2ClH/c8-7-4-2-1-3-6(7)5-9;;/h6-7,9H,1-5,8H2;2*1H/t6-,7-;;/m1../s1. The molecule has 2 nitrogen and oxygen atoms in total. The molecule has 3 N–H and O–H groups in total. The maximum absolute atomic E-state index is 8.78. The van der Waals surface area contributed by atoms with Gasteiger partial charge in [-0.3, -0.25) is 0 Å². The Morgan fingerprint density at radius 2 is 1.73 bits per heavy atom. The van der Waals surface area contributed by atoms with Crippen LogP contribution in [0.1, 0.15) is 25.7 Å². The molecule has 0 saturated heterocycles. The minimum atomic E-state index is 0. The SMILES string of the molecule is Cl.Cl.N[C@@H]1CCCC[C@@H]1CO. The van der Waals surface area contributed by atoms with Gasteiger partial charge in [0.05, 0.1) is 0 Å². The van der Waals surface area contributed by atoms with Crippen LogP contribution in [-0.2, 0) is 0 Å². The van der Waals surface area contributed by atoms with Gasteiger partial charge in [0.15, 0.2) is 0 Å². The normalized spacial score (nSPS) is 30.0. The van der Waals surface area contributed by atoms with Gasteiger partial charge in [-0.25, -0.2) is 0 Å². The van der Waals surface area contributed by atoms with E-state index in [1.165, 1.54) is 12.8 Å². The molecule has 0 aliphatic heterocycles. The number of hydrogen-bond acceptors (Lipinski definition) is 2. The van der Waals surface area contributed by atoms with Crippen LogP contribution < -0.4 is 5.73 Å². The van der Waals surface area contributed by atoms with Crippen LogP contribution in [0, 0.1) is 5.92 Å². The molecule has 0 aromatic heterocycles. The molecule has 0 aromatic rings. The third-order valence-corrected chi connectivity index (χ3v) is 2.20. The highest BCUT2D eigenvalue weighted by atomic mass is 35.5. The summed E-state index contributed by atoms with van der Waals surface area (Å²) in [6.07, 6.45) is 4.72. The Morgan fingerprint density at radius 3 is 2.09 bits per heavy atom. The van der Waals surface area contributed by atoms with Crippen LogP contribution in [0.2, 0.25) is 0 Å². The van der Waals surface area contributed by atoms with Crippen LogP contribution in [0.3, 0.4) is 0 Å². The predicted molar refractivity (Wildman–Crippen MR) is 51.5 cm³/mol. The van der Waals surface area contributed by atoms with Gasteiger partial charge in [0.2, 0.25) is 0 Å². The number of rotatable bonds is 1. The number of aliphatic hydroxyl groups excluding tert-OH is 1. The second kappa shape index (κ2) is 7.17. The molecule has 0 amide bonds. The lowest BCUT2D eigenvalue weighted by Crippen LogP contribution is -2.34. The summed E-state index contributed by atoms with van der Waals surface area (Å²) >= 11 is 0. The van der Waals surface area contributed by atoms with Crippen molar-refractivity contribution in [3.8, 4) is 0 Å². The Hall–Kier alpha value is 0.500. The maximum Gasteiger partial charge on any atom is 0.0474 e. The number of halogens is 2. The smallest absolute Gasteiger partial charge is 0.0474 e. The first-order valence-electron chi connectivity index (χ1n) is 3.71.